The highest BCUT2D eigenvalue weighted by atomic mass is 35.5. The molecule has 0 aliphatic heterocycles. The van der Waals surface area contributed by atoms with Gasteiger partial charge in [-0.3, -0.25) is 4.90 Å². The number of hydrogen-bond acceptors (Lipinski definition) is 5. The summed E-state index contributed by atoms with van der Waals surface area (Å²) in [7, 11) is 18.6. The van der Waals surface area contributed by atoms with Crippen molar-refractivity contribution in [2.24, 2.45) is 5.73 Å². The summed E-state index contributed by atoms with van der Waals surface area (Å²) in [5.41, 5.74) is 10.7. The zero-order valence-electron chi connectivity index (χ0n) is 34.8. The highest BCUT2D eigenvalue weighted by Crippen LogP contribution is 2.20. The number of quaternary nitrogens is 3. The minimum Gasteiger partial charge on any atom is -1.00 e. The number of hydrogen-bond donors (Lipinski definition) is 4. The Morgan fingerprint density at radius 3 is 1.13 bits per heavy atom. The predicted octanol–water partition coefficient (Wildman–Crippen LogP) is -3.90. The molecular formula is C40H77Cl4N5O3. The zero-order chi connectivity index (χ0) is 38.0. The van der Waals surface area contributed by atoms with Crippen LogP contribution in [0.3, 0.4) is 0 Å². The van der Waals surface area contributed by atoms with E-state index in [1.807, 2.05) is 21.1 Å². The van der Waals surface area contributed by atoms with E-state index in [2.05, 4.69) is 123 Å². The molecule has 0 aliphatic carbocycles. The van der Waals surface area contributed by atoms with Crippen LogP contribution in [0.2, 0.25) is 0 Å². The van der Waals surface area contributed by atoms with Gasteiger partial charge in [0, 0.05) is 26.2 Å². The van der Waals surface area contributed by atoms with E-state index in [0.717, 1.165) is 26.4 Å². The van der Waals surface area contributed by atoms with Crippen LogP contribution in [0, 0.1) is 0 Å². The topological polar surface area (TPSA) is 90.0 Å². The highest BCUT2D eigenvalue weighted by molar-refractivity contribution is 6.18. The molecule has 0 aromatic heterocycles. The lowest BCUT2D eigenvalue weighted by atomic mass is 9.97. The molecule has 5 atom stereocenters. The molecule has 2 aromatic rings. The van der Waals surface area contributed by atoms with Gasteiger partial charge in [0.25, 0.3) is 0 Å². The minimum atomic E-state index is -0.421. The van der Waals surface area contributed by atoms with E-state index in [4.69, 9.17) is 22.4 Å². The normalized spacial score (nSPS) is 14.4. The Labute approximate surface area is 343 Å². The molecule has 0 amide bonds. The zero-order valence-corrected chi connectivity index (χ0v) is 37.8. The summed E-state index contributed by atoms with van der Waals surface area (Å²) in [5.74, 6) is 1.56. The van der Waals surface area contributed by atoms with Gasteiger partial charge in [-0.2, -0.15) is 0 Å². The minimum absolute atomic E-state index is 0. The summed E-state index contributed by atoms with van der Waals surface area (Å²) in [6.45, 7) is 13.5. The molecule has 0 radical (unpaired) electrons. The number of nitrogens with two attached hydrogens (primary N) is 1. The van der Waals surface area contributed by atoms with Gasteiger partial charge in [0.15, 0.2) is 0 Å². The molecule has 12 heteroatoms. The van der Waals surface area contributed by atoms with E-state index >= 15 is 0 Å². The summed E-state index contributed by atoms with van der Waals surface area (Å²) < 4.78 is 2.20. The fourth-order valence-electron chi connectivity index (χ4n) is 5.52. The molecular weight excluding hydrogens is 740 g/mol. The smallest absolute Gasteiger partial charge is 0.116 e. The molecule has 308 valence electrons. The molecule has 8 nitrogen and oxygen atoms in total. The molecule has 0 saturated carbocycles. The maximum absolute atomic E-state index is 10.6. The van der Waals surface area contributed by atoms with Crippen molar-refractivity contribution in [2.45, 2.75) is 83.8 Å². The van der Waals surface area contributed by atoms with Crippen molar-refractivity contribution in [1.82, 2.24) is 4.90 Å². The molecule has 0 aliphatic rings. The number of benzene rings is 2. The number of aliphatic hydroxyl groups is 3. The summed E-state index contributed by atoms with van der Waals surface area (Å²) >= 11 is 5.40. The lowest BCUT2D eigenvalue weighted by Gasteiger charge is -2.33. The van der Waals surface area contributed by atoms with Gasteiger partial charge in [-0.25, -0.2) is 0 Å². The molecule has 0 heterocycles. The van der Waals surface area contributed by atoms with Crippen molar-refractivity contribution >= 4 is 11.6 Å². The first-order valence-corrected chi connectivity index (χ1v) is 18.7. The molecule has 5 unspecified atom stereocenters. The van der Waals surface area contributed by atoms with E-state index in [0.29, 0.717) is 57.0 Å². The first-order valence-electron chi connectivity index (χ1n) is 18.1. The molecule has 0 bridgehead atoms. The summed E-state index contributed by atoms with van der Waals surface area (Å²) in [6.07, 6.45) is 1.13. The monoisotopic (exact) mass is 815 g/mol. The number of rotatable bonds is 18. The van der Waals surface area contributed by atoms with E-state index in [1.54, 1.807) is 0 Å². The molecule has 52 heavy (non-hydrogen) atoms. The van der Waals surface area contributed by atoms with Crippen LogP contribution in [0.15, 0.2) is 48.5 Å². The average molecular weight is 818 g/mol. The SMILES string of the molecule is CCC(C)c1ccc(CN(CC(O)C[N+](C)(C)C)CC(O)C[N+](C)(C)C)cc1.CCC(C)c1ccc(CN)cc1.C[N+](C)(C)CC(O)CCl.[Cl-].[Cl-].[Cl-]. The molecule has 5 N–H and O–H groups in total. The van der Waals surface area contributed by atoms with Crippen molar-refractivity contribution in [2.75, 3.05) is 102 Å². The van der Waals surface area contributed by atoms with Gasteiger partial charge in [0.1, 0.15) is 37.9 Å². The Morgan fingerprint density at radius 2 is 0.885 bits per heavy atom. The summed E-state index contributed by atoms with van der Waals surface area (Å²) in [5, 5.41) is 30.2. The van der Waals surface area contributed by atoms with Gasteiger partial charge in [-0.15, -0.1) is 11.6 Å². The first kappa shape index (κ1) is 58.0. The van der Waals surface area contributed by atoms with Crippen molar-refractivity contribution in [3.63, 3.8) is 0 Å². The molecule has 0 saturated heterocycles. The summed E-state index contributed by atoms with van der Waals surface area (Å²) in [6, 6.07) is 17.4. The van der Waals surface area contributed by atoms with E-state index in [9.17, 15) is 10.2 Å². The largest absolute Gasteiger partial charge is 1.00 e. The van der Waals surface area contributed by atoms with Crippen LogP contribution in [0.5, 0.6) is 0 Å². The number of likely N-dealkylation sites (N-methyl/N-ethyl adjacent to an activating group) is 3. The second kappa shape index (κ2) is 28.7. The second-order valence-corrected chi connectivity index (χ2v) is 17.3. The Morgan fingerprint density at radius 1 is 0.577 bits per heavy atom. The maximum atomic E-state index is 10.6. The third-order valence-corrected chi connectivity index (χ3v) is 8.71. The van der Waals surface area contributed by atoms with Gasteiger partial charge >= 0.3 is 0 Å². The maximum Gasteiger partial charge on any atom is 0.116 e. The fraction of sp³-hybridized carbons (Fsp3) is 0.700. The second-order valence-electron chi connectivity index (χ2n) is 17.0. The third kappa shape index (κ3) is 29.6. The molecule has 2 rings (SSSR count). The molecule has 0 fully saturated rings. The van der Waals surface area contributed by atoms with Crippen LogP contribution in [-0.4, -0.2) is 154 Å². The van der Waals surface area contributed by atoms with Gasteiger partial charge in [0.05, 0.1) is 69.3 Å². The van der Waals surface area contributed by atoms with Gasteiger partial charge in [0.2, 0.25) is 0 Å². The number of aliphatic hydroxyl groups excluding tert-OH is 3. The lowest BCUT2D eigenvalue weighted by Crippen LogP contribution is -3.00. The fourth-order valence-corrected chi connectivity index (χ4v) is 5.62. The van der Waals surface area contributed by atoms with Gasteiger partial charge in [-0.05, 0) is 46.9 Å². The van der Waals surface area contributed by atoms with Crippen LogP contribution < -0.4 is 43.0 Å². The third-order valence-electron chi connectivity index (χ3n) is 8.36. The van der Waals surface area contributed by atoms with E-state index < -0.39 is 12.2 Å². The Hall–Kier alpha value is -0.720. The highest BCUT2D eigenvalue weighted by Gasteiger charge is 2.23. The Kier molecular flexibility index (Phi) is 32.0. The van der Waals surface area contributed by atoms with Gasteiger partial charge in [-0.1, -0.05) is 76.2 Å². The van der Waals surface area contributed by atoms with Crippen molar-refractivity contribution in [3.8, 4) is 0 Å². The van der Waals surface area contributed by atoms with E-state index in [1.165, 1.54) is 28.7 Å². The average Bonchev–Trinajstić information content (AvgIpc) is 2.98. The van der Waals surface area contributed by atoms with Crippen LogP contribution >= 0.6 is 11.6 Å². The number of halogens is 4. The number of alkyl halides is 1. The van der Waals surface area contributed by atoms with Crippen LogP contribution in [-0.2, 0) is 13.1 Å². The number of nitrogens with zero attached hydrogens (tertiary/aromatic N) is 4. The van der Waals surface area contributed by atoms with Crippen LogP contribution in [0.25, 0.3) is 0 Å². The van der Waals surface area contributed by atoms with Crippen molar-refractivity contribution in [1.29, 1.82) is 0 Å². The Balaban J connectivity index is -0.000000397. The van der Waals surface area contributed by atoms with Crippen molar-refractivity contribution < 1.29 is 66.0 Å². The van der Waals surface area contributed by atoms with Gasteiger partial charge < -0.3 is 71.7 Å². The summed E-state index contributed by atoms with van der Waals surface area (Å²) in [4.78, 5) is 2.19. The predicted molar refractivity (Wildman–Crippen MR) is 211 cm³/mol. The molecule has 0 spiro atoms. The van der Waals surface area contributed by atoms with Crippen LogP contribution in [0.4, 0.5) is 0 Å². The lowest BCUT2D eigenvalue weighted by molar-refractivity contribution is -0.873. The Bertz CT molecular complexity index is 1100. The quantitative estimate of drug-likeness (QED) is 0.0915. The standard InChI is InChI=1S/C23H45N3O2.C11H17N.C6H15ClNO.3ClH/c1-9-19(2)21-12-10-20(11-13-21)14-24(15-22(27)17-25(3,4)5)16-23(28)18-26(6,7)8;1-3-9(2)11-6-4-10(8-12)5-7-11;1-8(2,3)5-6(9)4-7;;;/h10-13,19,22-23,27-28H,9,14-18H2,1-8H3;4-7,9H,3,8,12H2,1-2H3;6,9H,4-5H2,1-3H3;3*1H/q+2;;+1;;;/p-3. The first-order chi connectivity index (χ1) is 22.5. The molecule has 2 aromatic carbocycles. The van der Waals surface area contributed by atoms with E-state index in [-0.39, 0.29) is 43.3 Å². The van der Waals surface area contributed by atoms with Crippen molar-refractivity contribution in [3.05, 3.63) is 70.8 Å². The van der Waals surface area contributed by atoms with Crippen LogP contribution in [0.1, 0.15) is 74.6 Å².